The molecule has 1 aromatic heterocycles. The van der Waals surface area contributed by atoms with Crippen LogP contribution >= 0.6 is 23.2 Å². The molecule has 0 spiro atoms. The van der Waals surface area contributed by atoms with Crippen molar-refractivity contribution in [1.29, 1.82) is 0 Å². The summed E-state index contributed by atoms with van der Waals surface area (Å²) in [6.07, 6.45) is 0. The molecular formula is C10H10Cl2N2. The molecule has 0 fully saturated rings. The third kappa shape index (κ3) is 1.39. The van der Waals surface area contributed by atoms with Gasteiger partial charge in [-0.15, -0.1) is 0 Å². The van der Waals surface area contributed by atoms with Crippen molar-refractivity contribution in [3.05, 3.63) is 28.5 Å². The van der Waals surface area contributed by atoms with Crippen LogP contribution in [-0.2, 0) is 0 Å². The zero-order valence-corrected chi connectivity index (χ0v) is 9.47. The number of benzene rings is 1. The van der Waals surface area contributed by atoms with Crippen LogP contribution in [0.2, 0.25) is 10.3 Å². The average Bonchev–Trinajstić information content (AvgIpc) is 2.42. The maximum Gasteiger partial charge on any atom is 0.204 e. The Bertz CT molecular complexity index is 474. The fourth-order valence-electron chi connectivity index (χ4n) is 1.55. The molecule has 2 aromatic rings. The molecule has 0 atom stereocenters. The van der Waals surface area contributed by atoms with Crippen LogP contribution in [0.15, 0.2) is 18.2 Å². The Balaban J connectivity index is 2.83. The highest BCUT2D eigenvalue weighted by Crippen LogP contribution is 2.28. The van der Waals surface area contributed by atoms with Crippen LogP contribution in [0, 0.1) is 0 Å². The summed E-state index contributed by atoms with van der Waals surface area (Å²) in [5, 5.41) is 1.13. The van der Waals surface area contributed by atoms with Crippen LogP contribution < -0.4 is 0 Å². The Labute approximate surface area is 92.5 Å². The van der Waals surface area contributed by atoms with Crippen LogP contribution in [0.5, 0.6) is 0 Å². The topological polar surface area (TPSA) is 17.8 Å². The van der Waals surface area contributed by atoms with Gasteiger partial charge in [0.05, 0.1) is 10.5 Å². The minimum atomic E-state index is 0.283. The van der Waals surface area contributed by atoms with Gasteiger partial charge in [0.2, 0.25) is 5.28 Å². The summed E-state index contributed by atoms with van der Waals surface area (Å²) < 4.78 is 1.96. The standard InChI is InChI=1S/C10H10Cl2N2/c1-6(2)14-8-5-3-4-7(11)9(8)13-10(14)12/h3-6H,1-2H3. The fourth-order valence-corrected chi connectivity index (χ4v) is 2.13. The number of hydrogen-bond acceptors (Lipinski definition) is 1. The van der Waals surface area contributed by atoms with Crippen molar-refractivity contribution in [1.82, 2.24) is 9.55 Å². The van der Waals surface area contributed by atoms with Crippen molar-refractivity contribution in [2.45, 2.75) is 19.9 Å². The average molecular weight is 229 g/mol. The number of hydrogen-bond donors (Lipinski definition) is 0. The first-order valence-corrected chi connectivity index (χ1v) is 5.19. The van der Waals surface area contributed by atoms with Gasteiger partial charge >= 0.3 is 0 Å². The van der Waals surface area contributed by atoms with Crippen molar-refractivity contribution in [2.24, 2.45) is 0 Å². The Morgan fingerprint density at radius 2 is 2.00 bits per heavy atom. The lowest BCUT2D eigenvalue weighted by atomic mass is 10.3. The van der Waals surface area contributed by atoms with Gasteiger partial charge in [0, 0.05) is 6.04 Å². The molecule has 0 N–H and O–H groups in total. The van der Waals surface area contributed by atoms with E-state index in [-0.39, 0.29) is 6.04 Å². The molecule has 2 nitrogen and oxygen atoms in total. The van der Waals surface area contributed by atoms with Gasteiger partial charge in [-0.1, -0.05) is 17.7 Å². The van der Waals surface area contributed by atoms with E-state index in [2.05, 4.69) is 18.8 Å². The van der Waals surface area contributed by atoms with Crippen molar-refractivity contribution >= 4 is 34.2 Å². The number of halogens is 2. The van der Waals surface area contributed by atoms with Crippen molar-refractivity contribution in [3.8, 4) is 0 Å². The minimum absolute atomic E-state index is 0.283. The first-order chi connectivity index (χ1) is 6.61. The molecule has 2 rings (SSSR count). The number of rotatable bonds is 1. The maximum absolute atomic E-state index is 6.03. The molecule has 0 unspecified atom stereocenters. The Morgan fingerprint density at radius 1 is 1.29 bits per heavy atom. The second-order valence-corrected chi connectivity index (χ2v) is 4.20. The maximum atomic E-state index is 6.03. The number of imidazole rings is 1. The molecule has 1 heterocycles. The lowest BCUT2D eigenvalue weighted by Gasteiger charge is -2.08. The van der Waals surface area contributed by atoms with Crippen molar-refractivity contribution in [2.75, 3.05) is 0 Å². The smallest absolute Gasteiger partial charge is 0.204 e. The summed E-state index contributed by atoms with van der Waals surface area (Å²) in [6.45, 7) is 4.13. The van der Waals surface area contributed by atoms with Crippen LogP contribution in [0.4, 0.5) is 0 Å². The molecule has 0 saturated carbocycles. The van der Waals surface area contributed by atoms with E-state index in [0.717, 1.165) is 11.0 Å². The van der Waals surface area contributed by atoms with E-state index in [1.165, 1.54) is 0 Å². The molecule has 0 saturated heterocycles. The highest BCUT2D eigenvalue weighted by molar-refractivity contribution is 6.35. The van der Waals surface area contributed by atoms with Gasteiger partial charge in [-0.2, -0.15) is 0 Å². The SMILES string of the molecule is CC(C)n1c(Cl)nc2c(Cl)cccc21. The molecular weight excluding hydrogens is 219 g/mol. The molecule has 74 valence electrons. The van der Waals surface area contributed by atoms with Crippen molar-refractivity contribution < 1.29 is 0 Å². The van der Waals surface area contributed by atoms with E-state index in [9.17, 15) is 0 Å². The van der Waals surface area contributed by atoms with Crippen molar-refractivity contribution in [3.63, 3.8) is 0 Å². The number of aromatic nitrogens is 2. The van der Waals surface area contributed by atoms with Crippen LogP contribution in [0.25, 0.3) is 11.0 Å². The van der Waals surface area contributed by atoms with Gasteiger partial charge in [0.1, 0.15) is 5.52 Å². The lowest BCUT2D eigenvalue weighted by Crippen LogP contribution is -1.99. The molecule has 0 amide bonds. The zero-order valence-electron chi connectivity index (χ0n) is 7.96. The van der Waals surface area contributed by atoms with Gasteiger partial charge in [-0.3, -0.25) is 0 Å². The van der Waals surface area contributed by atoms with Gasteiger partial charge < -0.3 is 4.57 Å². The van der Waals surface area contributed by atoms with Crippen LogP contribution in [0.3, 0.4) is 0 Å². The normalized spacial score (nSPS) is 11.5. The fraction of sp³-hybridized carbons (Fsp3) is 0.300. The molecule has 0 radical (unpaired) electrons. The summed E-state index contributed by atoms with van der Waals surface area (Å²) in [4.78, 5) is 4.23. The Hall–Kier alpha value is -0.730. The monoisotopic (exact) mass is 228 g/mol. The summed E-state index contributed by atoms with van der Waals surface area (Å²) in [5.74, 6) is 0. The number of para-hydroxylation sites is 1. The van der Waals surface area contributed by atoms with E-state index in [4.69, 9.17) is 23.2 Å². The molecule has 0 aliphatic heterocycles. The summed E-state index contributed by atoms with van der Waals surface area (Å²) >= 11 is 12.0. The second-order valence-electron chi connectivity index (χ2n) is 3.45. The highest BCUT2D eigenvalue weighted by Gasteiger charge is 2.12. The van der Waals surface area contributed by atoms with E-state index in [0.29, 0.717) is 10.3 Å². The van der Waals surface area contributed by atoms with Gasteiger partial charge in [0.25, 0.3) is 0 Å². The summed E-state index contributed by atoms with van der Waals surface area (Å²) in [6, 6.07) is 5.98. The molecule has 0 bridgehead atoms. The predicted molar refractivity (Wildman–Crippen MR) is 60.1 cm³/mol. The summed E-state index contributed by atoms with van der Waals surface area (Å²) in [5.41, 5.74) is 1.75. The van der Waals surface area contributed by atoms with E-state index in [1.54, 1.807) is 0 Å². The van der Waals surface area contributed by atoms with E-state index >= 15 is 0 Å². The molecule has 0 aliphatic carbocycles. The highest BCUT2D eigenvalue weighted by atomic mass is 35.5. The third-order valence-electron chi connectivity index (χ3n) is 2.14. The Kier molecular flexibility index (Phi) is 2.41. The first-order valence-electron chi connectivity index (χ1n) is 4.43. The number of nitrogens with zero attached hydrogens (tertiary/aromatic N) is 2. The molecule has 4 heteroatoms. The largest absolute Gasteiger partial charge is 0.312 e. The second kappa shape index (κ2) is 3.44. The summed E-state index contributed by atoms with van der Waals surface area (Å²) in [7, 11) is 0. The minimum Gasteiger partial charge on any atom is -0.312 e. The van der Waals surface area contributed by atoms with Crippen LogP contribution in [-0.4, -0.2) is 9.55 Å². The lowest BCUT2D eigenvalue weighted by molar-refractivity contribution is 0.618. The molecule has 1 aromatic carbocycles. The third-order valence-corrected chi connectivity index (χ3v) is 2.72. The van der Waals surface area contributed by atoms with Gasteiger partial charge in [0.15, 0.2) is 0 Å². The predicted octanol–water partition coefficient (Wildman–Crippen LogP) is 3.92. The Morgan fingerprint density at radius 3 is 2.64 bits per heavy atom. The van der Waals surface area contributed by atoms with Gasteiger partial charge in [-0.25, -0.2) is 4.98 Å². The van der Waals surface area contributed by atoms with Crippen LogP contribution in [0.1, 0.15) is 19.9 Å². The van der Waals surface area contributed by atoms with Gasteiger partial charge in [-0.05, 0) is 37.6 Å². The zero-order chi connectivity index (χ0) is 10.3. The van der Waals surface area contributed by atoms with E-state index in [1.807, 2.05) is 22.8 Å². The first kappa shape index (κ1) is 9.81. The molecule has 0 aliphatic rings. The molecule has 14 heavy (non-hydrogen) atoms. The van der Waals surface area contributed by atoms with E-state index < -0.39 is 0 Å². The quantitative estimate of drug-likeness (QED) is 0.724. The number of fused-ring (bicyclic) bond motifs is 1.